The van der Waals surface area contributed by atoms with Crippen molar-refractivity contribution in [3.05, 3.63) is 12.4 Å². The summed E-state index contributed by atoms with van der Waals surface area (Å²) in [5.74, 6) is 0.998. The zero-order chi connectivity index (χ0) is 8.15. The van der Waals surface area contributed by atoms with Crippen molar-refractivity contribution in [1.29, 1.82) is 0 Å². The first-order valence-corrected chi connectivity index (χ1v) is 3.76. The van der Waals surface area contributed by atoms with Gasteiger partial charge in [0.15, 0.2) is 0 Å². The van der Waals surface area contributed by atoms with Gasteiger partial charge in [-0.3, -0.25) is 0 Å². The summed E-state index contributed by atoms with van der Waals surface area (Å²) >= 11 is 0. The van der Waals surface area contributed by atoms with E-state index in [4.69, 9.17) is 0 Å². The fourth-order valence-electron chi connectivity index (χ4n) is 1.01. The minimum absolute atomic E-state index is 0.532. The molecule has 0 saturated heterocycles. The van der Waals surface area contributed by atoms with E-state index in [0.717, 1.165) is 12.4 Å². The number of rotatable bonds is 4. The van der Waals surface area contributed by atoms with Crippen LogP contribution in [0.25, 0.3) is 0 Å². The molecule has 0 aromatic carbocycles. The Morgan fingerprint density at radius 3 is 2.20 bits per heavy atom. The normalized spacial score (nSPS) is 9.70. The van der Waals surface area contributed by atoms with Crippen molar-refractivity contribution in [2.45, 2.75) is 26.8 Å². The fourth-order valence-corrected chi connectivity index (χ4v) is 1.01. The van der Waals surface area contributed by atoms with Crippen LogP contribution in [0.4, 0.5) is 0 Å². The SMILES string of the molecule is C=C(NC)N(CC)C(C)C. The second-order valence-electron chi connectivity index (χ2n) is 2.58. The first kappa shape index (κ1) is 9.34. The highest BCUT2D eigenvalue weighted by molar-refractivity contribution is 4.90. The third-order valence-corrected chi connectivity index (χ3v) is 1.60. The molecule has 60 valence electrons. The predicted molar refractivity (Wildman–Crippen MR) is 45.7 cm³/mol. The quantitative estimate of drug-likeness (QED) is 0.638. The van der Waals surface area contributed by atoms with Gasteiger partial charge < -0.3 is 10.2 Å². The molecule has 0 spiro atoms. The van der Waals surface area contributed by atoms with E-state index in [1.165, 1.54) is 0 Å². The van der Waals surface area contributed by atoms with Crippen molar-refractivity contribution < 1.29 is 0 Å². The highest BCUT2D eigenvalue weighted by Crippen LogP contribution is 2.02. The monoisotopic (exact) mass is 142 g/mol. The van der Waals surface area contributed by atoms with Gasteiger partial charge in [0.25, 0.3) is 0 Å². The maximum atomic E-state index is 3.88. The average molecular weight is 142 g/mol. The Hall–Kier alpha value is -0.660. The molecule has 0 bridgehead atoms. The molecule has 0 saturated carbocycles. The lowest BCUT2D eigenvalue weighted by atomic mass is 10.3. The van der Waals surface area contributed by atoms with Crippen LogP contribution in [0.5, 0.6) is 0 Å². The van der Waals surface area contributed by atoms with E-state index in [1.54, 1.807) is 0 Å². The molecule has 0 aliphatic carbocycles. The average Bonchev–Trinajstić information content (AvgIpc) is 1.88. The molecule has 0 rings (SSSR count). The van der Waals surface area contributed by atoms with Crippen LogP contribution in [0.3, 0.4) is 0 Å². The van der Waals surface area contributed by atoms with Gasteiger partial charge in [0, 0.05) is 19.6 Å². The fraction of sp³-hybridized carbons (Fsp3) is 0.750. The first-order chi connectivity index (χ1) is 4.63. The Balaban J connectivity index is 3.93. The molecule has 0 atom stereocenters. The van der Waals surface area contributed by atoms with E-state index >= 15 is 0 Å². The summed E-state index contributed by atoms with van der Waals surface area (Å²) in [6.07, 6.45) is 0. The summed E-state index contributed by atoms with van der Waals surface area (Å²) in [4.78, 5) is 2.21. The van der Waals surface area contributed by atoms with E-state index in [9.17, 15) is 0 Å². The molecule has 2 nitrogen and oxygen atoms in total. The van der Waals surface area contributed by atoms with Gasteiger partial charge in [0.05, 0.1) is 5.82 Å². The summed E-state index contributed by atoms with van der Waals surface area (Å²) in [6.45, 7) is 11.3. The van der Waals surface area contributed by atoms with Crippen LogP contribution in [-0.4, -0.2) is 24.5 Å². The Bertz CT molecular complexity index is 108. The lowest BCUT2D eigenvalue weighted by Gasteiger charge is -2.28. The van der Waals surface area contributed by atoms with Gasteiger partial charge in [-0.15, -0.1) is 0 Å². The smallest absolute Gasteiger partial charge is 0.0938 e. The highest BCUT2D eigenvalue weighted by Gasteiger charge is 2.06. The van der Waals surface area contributed by atoms with Gasteiger partial charge in [-0.1, -0.05) is 6.58 Å². The van der Waals surface area contributed by atoms with E-state index in [-0.39, 0.29) is 0 Å². The molecule has 10 heavy (non-hydrogen) atoms. The van der Waals surface area contributed by atoms with Crippen molar-refractivity contribution in [3.63, 3.8) is 0 Å². The summed E-state index contributed by atoms with van der Waals surface area (Å²) in [7, 11) is 1.90. The van der Waals surface area contributed by atoms with Gasteiger partial charge in [-0.25, -0.2) is 0 Å². The van der Waals surface area contributed by atoms with Gasteiger partial charge in [0.2, 0.25) is 0 Å². The van der Waals surface area contributed by atoms with Gasteiger partial charge >= 0.3 is 0 Å². The topological polar surface area (TPSA) is 15.3 Å². The standard InChI is InChI=1S/C8H18N2/c1-6-10(7(2)3)8(4)9-5/h7,9H,4,6H2,1-3,5H3. The van der Waals surface area contributed by atoms with Crippen LogP contribution < -0.4 is 5.32 Å². The molecule has 0 aromatic rings. The first-order valence-electron chi connectivity index (χ1n) is 3.76. The van der Waals surface area contributed by atoms with E-state index < -0.39 is 0 Å². The molecule has 1 N–H and O–H groups in total. The van der Waals surface area contributed by atoms with E-state index in [2.05, 4.69) is 37.6 Å². The lowest BCUT2D eigenvalue weighted by Crippen LogP contribution is -2.34. The Morgan fingerprint density at radius 1 is 1.60 bits per heavy atom. The minimum Gasteiger partial charge on any atom is -0.375 e. The number of nitrogens with one attached hydrogen (secondary N) is 1. The molecular formula is C8H18N2. The molecular weight excluding hydrogens is 124 g/mol. The molecule has 0 heterocycles. The van der Waals surface area contributed by atoms with Crippen LogP contribution in [0.15, 0.2) is 12.4 Å². The Kier molecular flexibility index (Phi) is 3.93. The van der Waals surface area contributed by atoms with E-state index in [1.807, 2.05) is 7.05 Å². The summed E-state index contributed by atoms with van der Waals surface area (Å²) < 4.78 is 0. The zero-order valence-electron chi connectivity index (χ0n) is 7.44. The maximum absolute atomic E-state index is 3.88. The van der Waals surface area contributed by atoms with Crippen molar-refractivity contribution in [3.8, 4) is 0 Å². The van der Waals surface area contributed by atoms with Crippen molar-refractivity contribution in [1.82, 2.24) is 10.2 Å². The third-order valence-electron chi connectivity index (χ3n) is 1.60. The molecule has 0 aliphatic rings. The second-order valence-corrected chi connectivity index (χ2v) is 2.58. The molecule has 0 amide bonds. The van der Waals surface area contributed by atoms with Crippen molar-refractivity contribution in [2.75, 3.05) is 13.6 Å². The Labute approximate surface area is 63.9 Å². The van der Waals surface area contributed by atoms with Gasteiger partial charge in [-0.05, 0) is 20.8 Å². The van der Waals surface area contributed by atoms with Crippen LogP contribution in [0, 0.1) is 0 Å². The number of nitrogens with zero attached hydrogens (tertiary/aromatic N) is 1. The minimum atomic E-state index is 0.532. The van der Waals surface area contributed by atoms with E-state index in [0.29, 0.717) is 6.04 Å². The summed E-state index contributed by atoms with van der Waals surface area (Å²) in [5.41, 5.74) is 0. The van der Waals surface area contributed by atoms with Gasteiger partial charge in [0.1, 0.15) is 0 Å². The van der Waals surface area contributed by atoms with Crippen molar-refractivity contribution >= 4 is 0 Å². The van der Waals surface area contributed by atoms with Crippen LogP contribution in [-0.2, 0) is 0 Å². The molecule has 0 aromatic heterocycles. The van der Waals surface area contributed by atoms with Crippen molar-refractivity contribution in [2.24, 2.45) is 0 Å². The lowest BCUT2D eigenvalue weighted by molar-refractivity contribution is 0.283. The summed E-state index contributed by atoms with van der Waals surface area (Å²) in [6, 6.07) is 0.532. The number of hydrogen-bond donors (Lipinski definition) is 1. The molecule has 0 unspecified atom stereocenters. The Morgan fingerprint density at radius 2 is 2.10 bits per heavy atom. The number of hydrogen-bond acceptors (Lipinski definition) is 2. The van der Waals surface area contributed by atoms with Crippen LogP contribution in [0.2, 0.25) is 0 Å². The predicted octanol–water partition coefficient (Wildman–Crippen LogP) is 1.41. The second kappa shape index (κ2) is 4.20. The molecule has 0 radical (unpaired) electrons. The largest absolute Gasteiger partial charge is 0.375 e. The van der Waals surface area contributed by atoms with Crippen LogP contribution in [0.1, 0.15) is 20.8 Å². The highest BCUT2D eigenvalue weighted by atomic mass is 15.2. The molecule has 2 heteroatoms. The maximum Gasteiger partial charge on any atom is 0.0938 e. The zero-order valence-corrected chi connectivity index (χ0v) is 7.44. The van der Waals surface area contributed by atoms with Gasteiger partial charge in [-0.2, -0.15) is 0 Å². The summed E-state index contributed by atoms with van der Waals surface area (Å²) in [5, 5.41) is 3.03. The third kappa shape index (κ3) is 2.29. The molecule has 0 aliphatic heterocycles. The van der Waals surface area contributed by atoms with Crippen LogP contribution >= 0.6 is 0 Å². The molecule has 0 fully saturated rings.